The van der Waals surface area contributed by atoms with Crippen LogP contribution >= 0.6 is 54.0 Å². The lowest BCUT2D eigenvalue weighted by molar-refractivity contribution is -0.137. The van der Waals surface area contributed by atoms with Crippen LogP contribution in [0.25, 0.3) is 33.4 Å². The van der Waals surface area contributed by atoms with Gasteiger partial charge in [0.2, 0.25) is 11.8 Å². The fourth-order valence-electron chi connectivity index (χ4n) is 8.43. The first-order valence-electron chi connectivity index (χ1n) is 19.0. The number of carbonyl (C=O) groups is 3. The predicted molar refractivity (Wildman–Crippen MR) is 240 cm³/mol. The lowest BCUT2D eigenvalue weighted by atomic mass is 9.96. The van der Waals surface area contributed by atoms with Gasteiger partial charge >= 0.3 is 6.09 Å². The summed E-state index contributed by atoms with van der Waals surface area (Å²) in [5.74, 6) is 2.00. The Morgan fingerprint density at radius 1 is 0.750 bits per heavy atom. The number of hydrogen-bond acceptors (Lipinski definition) is 6. The minimum absolute atomic E-state index is 0. The maximum atomic E-state index is 13.9. The minimum Gasteiger partial charge on any atom is -0.453 e. The molecule has 2 aromatic heterocycles. The quantitative estimate of drug-likeness (QED) is 0.157. The van der Waals surface area contributed by atoms with Gasteiger partial charge in [0.05, 0.1) is 42.1 Å². The highest BCUT2D eigenvalue weighted by molar-refractivity contribution is 7.59. The van der Waals surface area contributed by atoms with E-state index in [2.05, 4.69) is 70.4 Å². The summed E-state index contributed by atoms with van der Waals surface area (Å²) in [7, 11) is 1.31. The lowest BCUT2D eigenvalue weighted by Gasteiger charge is -2.30. The Bertz CT molecular complexity index is 2020. The van der Waals surface area contributed by atoms with Gasteiger partial charge in [0, 0.05) is 19.0 Å². The summed E-state index contributed by atoms with van der Waals surface area (Å²) in [6.07, 6.45) is 7.72. The number of aromatic nitrogens is 4. The van der Waals surface area contributed by atoms with Crippen LogP contribution in [0.1, 0.15) is 96.9 Å². The fraction of sp³-hybridized carbons (Fsp3) is 0.537. The number of ether oxygens (including phenoxy) is 1. The summed E-state index contributed by atoms with van der Waals surface area (Å²) in [6, 6.07) is 13.8. The zero-order chi connectivity index (χ0) is 36.5. The Kier molecular flexibility index (Phi) is 14.0. The molecular weight excluding hydrogens is 783 g/mol. The van der Waals surface area contributed by atoms with E-state index in [1.54, 1.807) is 0 Å². The van der Waals surface area contributed by atoms with Crippen LogP contribution in [0.15, 0.2) is 48.7 Å². The van der Waals surface area contributed by atoms with E-state index >= 15 is 0 Å². The number of fused-ring (bicyclic) bond motifs is 1. The first kappa shape index (κ1) is 45.4. The molecule has 0 radical (unpaired) electrons. The van der Waals surface area contributed by atoms with Gasteiger partial charge in [-0.1, -0.05) is 65.0 Å². The highest BCUT2D eigenvalue weighted by Crippen LogP contribution is 2.59. The molecule has 4 atom stereocenters. The van der Waals surface area contributed by atoms with Crippen molar-refractivity contribution in [2.24, 2.45) is 28.6 Å². The molecule has 15 heteroatoms. The van der Waals surface area contributed by atoms with E-state index in [-0.39, 0.29) is 101 Å². The first-order chi connectivity index (χ1) is 24.9. The molecule has 2 aliphatic carbocycles. The number of imidazole rings is 2. The third-order valence-corrected chi connectivity index (χ3v) is 12.5. The number of nitrogens with one attached hydrogen (secondary N) is 3. The average molecular weight is 842 g/mol. The third kappa shape index (κ3) is 8.61. The van der Waals surface area contributed by atoms with E-state index in [1.807, 2.05) is 37.9 Å². The zero-order valence-corrected chi connectivity index (χ0v) is 37.2. The Balaban J connectivity index is 0.00000174. The maximum Gasteiger partial charge on any atom is 0.407 e. The smallest absolute Gasteiger partial charge is 0.407 e. The van der Waals surface area contributed by atoms with Gasteiger partial charge in [-0.05, 0) is 90.0 Å². The third-order valence-electron chi connectivity index (χ3n) is 12.5. The normalized spacial score (nSPS) is 20.9. The molecule has 2 saturated heterocycles. The van der Waals surface area contributed by atoms with Crippen LogP contribution in [0.2, 0.25) is 0 Å². The topological polar surface area (TPSA) is 136 Å². The van der Waals surface area contributed by atoms with Crippen molar-refractivity contribution in [1.82, 2.24) is 35.1 Å². The molecule has 2 aromatic carbocycles. The number of benzene rings is 2. The molecule has 4 fully saturated rings. The van der Waals surface area contributed by atoms with Crippen LogP contribution < -0.4 is 5.32 Å². The van der Waals surface area contributed by atoms with Crippen molar-refractivity contribution in [2.45, 2.75) is 91.3 Å². The monoisotopic (exact) mass is 841 g/mol. The molecule has 8 rings (SSSR count). The molecule has 306 valence electrons. The van der Waals surface area contributed by atoms with Gasteiger partial charge in [-0.25, -0.2) is 14.8 Å². The summed E-state index contributed by atoms with van der Waals surface area (Å²) in [5, 5.41) is 2.76. The molecule has 4 aliphatic rings. The van der Waals surface area contributed by atoms with E-state index in [9.17, 15) is 14.4 Å². The number of hydrogen-bond donors (Lipinski definition) is 3. The second-order valence-corrected chi connectivity index (χ2v) is 16.9. The molecule has 3 N–H and O–H groups in total. The zero-order valence-electron chi connectivity index (χ0n) is 33.2. The molecule has 4 heterocycles. The van der Waals surface area contributed by atoms with E-state index in [4.69, 9.17) is 14.7 Å². The summed E-state index contributed by atoms with van der Waals surface area (Å²) < 4.78 is 4.82. The molecule has 2 saturated carbocycles. The summed E-state index contributed by atoms with van der Waals surface area (Å²) in [6.45, 7) is 11.7. The fourth-order valence-corrected chi connectivity index (χ4v) is 8.43. The number of alkyl carbamates (subject to hydrolysis) is 1. The Labute approximate surface area is 358 Å². The minimum atomic E-state index is -0.675. The molecule has 2 spiro atoms. The molecule has 56 heavy (non-hydrogen) atoms. The predicted octanol–water partition coefficient (Wildman–Crippen LogP) is 7.85. The van der Waals surface area contributed by atoms with Crippen molar-refractivity contribution in [3.05, 3.63) is 60.3 Å². The number of methoxy groups -OCH3 is 1. The largest absolute Gasteiger partial charge is 0.453 e. The summed E-state index contributed by atoms with van der Waals surface area (Å²) in [4.78, 5) is 60.4. The van der Waals surface area contributed by atoms with Crippen LogP contribution in [0.3, 0.4) is 0 Å². The highest BCUT2D eigenvalue weighted by Gasteiger charge is 2.56. The van der Waals surface area contributed by atoms with Crippen molar-refractivity contribution < 1.29 is 19.1 Å². The highest BCUT2D eigenvalue weighted by atomic mass is 32.1. The molecule has 2 aliphatic heterocycles. The number of rotatable bonds is 9. The van der Waals surface area contributed by atoms with E-state index in [0.29, 0.717) is 12.5 Å². The van der Waals surface area contributed by atoms with Gasteiger partial charge in [0.15, 0.2) is 0 Å². The van der Waals surface area contributed by atoms with E-state index in [0.717, 1.165) is 77.3 Å². The lowest BCUT2D eigenvalue weighted by Crippen LogP contribution is -2.51. The van der Waals surface area contributed by atoms with Crippen LogP contribution in [-0.2, 0) is 14.3 Å². The van der Waals surface area contributed by atoms with E-state index < -0.39 is 12.1 Å². The Hall–Kier alpha value is -3.27. The number of carbonyl (C=O) groups excluding carboxylic acids is 3. The number of amides is 3. The molecule has 3 amide bonds. The van der Waals surface area contributed by atoms with Crippen molar-refractivity contribution in [3.8, 4) is 22.4 Å². The van der Waals surface area contributed by atoms with Gasteiger partial charge in [-0.3, -0.25) is 9.59 Å². The number of aromatic amines is 2. The Morgan fingerprint density at radius 3 is 1.86 bits per heavy atom. The van der Waals surface area contributed by atoms with Gasteiger partial charge in [0.1, 0.15) is 17.7 Å². The number of H-pyrrole nitrogens is 2. The van der Waals surface area contributed by atoms with Crippen LogP contribution in [-0.4, -0.2) is 73.9 Å². The molecule has 0 bridgehead atoms. The van der Waals surface area contributed by atoms with Gasteiger partial charge in [0.25, 0.3) is 0 Å². The Morgan fingerprint density at radius 2 is 1.30 bits per heavy atom. The molecule has 4 aromatic rings. The summed E-state index contributed by atoms with van der Waals surface area (Å²) in [5.41, 5.74) is 6.31. The van der Waals surface area contributed by atoms with Gasteiger partial charge < -0.3 is 29.8 Å². The van der Waals surface area contributed by atoms with Crippen molar-refractivity contribution in [1.29, 1.82) is 0 Å². The SMILES string of the molecule is COC(=O)N[C@H](C(=O)N1CC2(CC2)C[C@H]1c1nc2ccc(-c3ccc(-c4cnc([C@@H]5CC6(CC6)CN5C(=O)[C@@H](C)C(C)C)[nH]4)cc3)cc2[nH]1)C(C)C.S.S.S.S. The van der Waals surface area contributed by atoms with Gasteiger partial charge in [-0.15, -0.1) is 0 Å². The maximum absolute atomic E-state index is 13.9. The van der Waals surface area contributed by atoms with Crippen molar-refractivity contribution in [2.75, 3.05) is 20.2 Å². The van der Waals surface area contributed by atoms with Crippen molar-refractivity contribution in [3.63, 3.8) is 0 Å². The van der Waals surface area contributed by atoms with Crippen LogP contribution in [0, 0.1) is 28.6 Å². The van der Waals surface area contributed by atoms with Gasteiger partial charge in [-0.2, -0.15) is 54.0 Å². The molecule has 0 unspecified atom stereocenters. The van der Waals surface area contributed by atoms with Crippen LogP contribution in [0.5, 0.6) is 0 Å². The van der Waals surface area contributed by atoms with Crippen molar-refractivity contribution >= 4 is 82.9 Å². The first-order valence-corrected chi connectivity index (χ1v) is 19.0. The second-order valence-electron chi connectivity index (χ2n) is 16.9. The standard InChI is InChI=1S/C41H51N7O4.4H2S/c1-23(2)25(5)37(49)47-21-40(13-14-40)18-32(47)35-42-20-31(45-35)27-9-7-26(8-10-27)28-11-12-29-30(17-28)44-36(43-29)33-19-41(15-16-41)22-48(33)38(50)34(24(3)4)46-39(51)52-6;;;;/h7-12,17,20,23-25,32-34H,13-16,18-19,21-22H2,1-6H3,(H,42,45)(H,43,44)(H,46,51);4*1H2/t25-,32-,33-,34-;;;;/m0..../s1. The number of nitrogens with zero attached hydrogens (tertiary/aromatic N) is 4. The molecule has 11 nitrogen and oxygen atoms in total. The summed E-state index contributed by atoms with van der Waals surface area (Å²) >= 11 is 0. The molecular formula is C41H59N7O4S4. The average Bonchev–Trinajstić information content (AvgIpc) is 3.75. The number of likely N-dealkylation sites (tertiary alicyclic amines) is 2. The van der Waals surface area contributed by atoms with E-state index in [1.165, 1.54) is 20.0 Å². The van der Waals surface area contributed by atoms with Crippen LogP contribution in [0.4, 0.5) is 4.79 Å². The second kappa shape index (κ2) is 17.3.